The van der Waals surface area contributed by atoms with Crippen LogP contribution in [0.3, 0.4) is 0 Å². The SMILES string of the molecule is O=C(CCc1c[nH]c2ccccc12)N(CCO)C1CCCCC1. The Kier molecular flexibility index (Phi) is 5.34. The van der Waals surface area contributed by atoms with Crippen molar-refractivity contribution in [3.63, 3.8) is 0 Å². The summed E-state index contributed by atoms with van der Waals surface area (Å²) < 4.78 is 0. The molecule has 4 nitrogen and oxygen atoms in total. The van der Waals surface area contributed by atoms with Crippen molar-refractivity contribution in [2.24, 2.45) is 0 Å². The maximum absolute atomic E-state index is 12.7. The van der Waals surface area contributed by atoms with E-state index in [2.05, 4.69) is 17.1 Å². The van der Waals surface area contributed by atoms with Crippen molar-refractivity contribution in [2.45, 2.75) is 51.0 Å². The lowest BCUT2D eigenvalue weighted by Crippen LogP contribution is -2.43. The highest BCUT2D eigenvalue weighted by Gasteiger charge is 2.24. The maximum Gasteiger partial charge on any atom is 0.223 e. The number of nitrogens with one attached hydrogen (secondary N) is 1. The number of H-pyrrole nitrogens is 1. The molecule has 1 amide bonds. The minimum Gasteiger partial charge on any atom is -0.395 e. The van der Waals surface area contributed by atoms with Gasteiger partial charge in [0.05, 0.1) is 6.61 Å². The number of aliphatic hydroxyl groups is 1. The van der Waals surface area contributed by atoms with Gasteiger partial charge in [-0.15, -0.1) is 0 Å². The fraction of sp³-hybridized carbons (Fsp3) is 0.526. The molecule has 23 heavy (non-hydrogen) atoms. The van der Waals surface area contributed by atoms with Gasteiger partial charge in [0.15, 0.2) is 0 Å². The predicted molar refractivity (Wildman–Crippen MR) is 92.3 cm³/mol. The molecule has 3 rings (SSSR count). The standard InChI is InChI=1S/C19H26N2O2/c22-13-12-21(16-6-2-1-3-7-16)19(23)11-10-15-14-20-18-9-5-4-8-17(15)18/h4-5,8-9,14,16,20,22H,1-3,6-7,10-13H2. The lowest BCUT2D eigenvalue weighted by Gasteiger charge is -2.34. The number of fused-ring (bicyclic) bond motifs is 1. The number of aryl methyl sites for hydroxylation is 1. The zero-order valence-electron chi connectivity index (χ0n) is 13.6. The number of aliphatic hydroxyl groups excluding tert-OH is 1. The molecule has 0 unspecified atom stereocenters. The summed E-state index contributed by atoms with van der Waals surface area (Å²) in [5.74, 6) is 0.177. The molecule has 0 aliphatic heterocycles. The molecule has 1 aromatic carbocycles. The molecule has 2 N–H and O–H groups in total. The second kappa shape index (κ2) is 7.64. The summed E-state index contributed by atoms with van der Waals surface area (Å²) in [6, 6.07) is 8.52. The molecule has 0 radical (unpaired) electrons. The van der Waals surface area contributed by atoms with Crippen LogP contribution in [0.1, 0.15) is 44.1 Å². The van der Waals surface area contributed by atoms with Gasteiger partial charge in [-0.25, -0.2) is 0 Å². The van der Waals surface area contributed by atoms with E-state index in [0.29, 0.717) is 19.0 Å². The molecule has 0 saturated heterocycles. The number of aromatic nitrogens is 1. The molecule has 2 aromatic rings. The molecule has 1 heterocycles. The summed E-state index contributed by atoms with van der Waals surface area (Å²) in [5, 5.41) is 10.5. The number of aromatic amines is 1. The van der Waals surface area contributed by atoms with E-state index >= 15 is 0 Å². The largest absolute Gasteiger partial charge is 0.395 e. The molecule has 0 bridgehead atoms. The lowest BCUT2D eigenvalue weighted by atomic mass is 9.93. The van der Waals surface area contributed by atoms with Crippen LogP contribution in [0.25, 0.3) is 10.9 Å². The normalized spacial score (nSPS) is 15.9. The van der Waals surface area contributed by atoms with Crippen LogP contribution in [-0.2, 0) is 11.2 Å². The van der Waals surface area contributed by atoms with Crippen LogP contribution in [0.5, 0.6) is 0 Å². The van der Waals surface area contributed by atoms with Crippen molar-refractivity contribution < 1.29 is 9.90 Å². The number of benzene rings is 1. The van der Waals surface area contributed by atoms with Gasteiger partial charge < -0.3 is 15.0 Å². The Hall–Kier alpha value is -1.81. The second-order valence-corrected chi connectivity index (χ2v) is 6.46. The zero-order chi connectivity index (χ0) is 16.1. The van der Waals surface area contributed by atoms with Gasteiger partial charge in [0.25, 0.3) is 0 Å². The van der Waals surface area contributed by atoms with Crippen molar-refractivity contribution in [3.8, 4) is 0 Å². The Morgan fingerprint density at radius 3 is 2.78 bits per heavy atom. The maximum atomic E-state index is 12.7. The monoisotopic (exact) mass is 314 g/mol. The smallest absolute Gasteiger partial charge is 0.223 e. The summed E-state index contributed by atoms with van der Waals surface area (Å²) in [5.41, 5.74) is 2.32. The van der Waals surface area contributed by atoms with Crippen molar-refractivity contribution in [1.29, 1.82) is 0 Å². The first kappa shape index (κ1) is 16.1. The van der Waals surface area contributed by atoms with E-state index in [1.807, 2.05) is 23.2 Å². The summed E-state index contributed by atoms with van der Waals surface area (Å²) >= 11 is 0. The number of hydrogen-bond donors (Lipinski definition) is 2. The third kappa shape index (κ3) is 3.75. The van der Waals surface area contributed by atoms with Gasteiger partial charge in [0.2, 0.25) is 5.91 Å². The highest BCUT2D eigenvalue weighted by Crippen LogP contribution is 2.24. The third-order valence-electron chi connectivity index (χ3n) is 4.96. The first-order valence-corrected chi connectivity index (χ1v) is 8.75. The number of amides is 1. The van der Waals surface area contributed by atoms with E-state index in [4.69, 9.17) is 0 Å². The number of para-hydroxylation sites is 1. The van der Waals surface area contributed by atoms with E-state index in [1.165, 1.54) is 30.2 Å². The molecule has 0 atom stereocenters. The van der Waals surface area contributed by atoms with Crippen LogP contribution in [0.15, 0.2) is 30.5 Å². The molecule has 1 aromatic heterocycles. The quantitative estimate of drug-likeness (QED) is 0.860. The van der Waals surface area contributed by atoms with Crippen LogP contribution in [-0.4, -0.2) is 40.1 Å². The van der Waals surface area contributed by atoms with Gasteiger partial charge in [0, 0.05) is 36.1 Å². The lowest BCUT2D eigenvalue weighted by molar-refractivity contribution is -0.134. The molecule has 1 fully saturated rings. The highest BCUT2D eigenvalue weighted by molar-refractivity contribution is 5.84. The Morgan fingerprint density at radius 2 is 2.00 bits per heavy atom. The van der Waals surface area contributed by atoms with Crippen molar-refractivity contribution in [1.82, 2.24) is 9.88 Å². The van der Waals surface area contributed by atoms with Gasteiger partial charge in [0.1, 0.15) is 0 Å². The highest BCUT2D eigenvalue weighted by atomic mass is 16.3. The summed E-state index contributed by atoms with van der Waals surface area (Å²) in [7, 11) is 0. The molecule has 1 saturated carbocycles. The van der Waals surface area contributed by atoms with E-state index in [-0.39, 0.29) is 12.5 Å². The molecular formula is C19H26N2O2. The average Bonchev–Trinajstić information content (AvgIpc) is 3.01. The van der Waals surface area contributed by atoms with Crippen molar-refractivity contribution in [2.75, 3.05) is 13.2 Å². The minimum absolute atomic E-state index is 0.0509. The predicted octanol–water partition coefficient (Wildman–Crippen LogP) is 3.25. The number of carbonyl (C=O) groups is 1. The van der Waals surface area contributed by atoms with Crippen LogP contribution in [0.4, 0.5) is 0 Å². The number of carbonyl (C=O) groups excluding carboxylic acids is 1. The average molecular weight is 314 g/mol. The van der Waals surface area contributed by atoms with E-state index in [0.717, 1.165) is 24.8 Å². The fourth-order valence-electron chi connectivity index (χ4n) is 3.74. The third-order valence-corrected chi connectivity index (χ3v) is 4.96. The molecule has 1 aliphatic carbocycles. The van der Waals surface area contributed by atoms with E-state index in [1.54, 1.807) is 0 Å². The Labute approximate surface area is 137 Å². The van der Waals surface area contributed by atoms with Gasteiger partial charge in [-0.1, -0.05) is 37.5 Å². The van der Waals surface area contributed by atoms with Crippen LogP contribution in [0.2, 0.25) is 0 Å². The molecular weight excluding hydrogens is 288 g/mol. The molecule has 0 spiro atoms. The van der Waals surface area contributed by atoms with Crippen LogP contribution in [0, 0.1) is 0 Å². The Balaban J connectivity index is 1.64. The van der Waals surface area contributed by atoms with Gasteiger partial charge in [-0.2, -0.15) is 0 Å². The second-order valence-electron chi connectivity index (χ2n) is 6.46. The van der Waals surface area contributed by atoms with Crippen LogP contribution >= 0.6 is 0 Å². The summed E-state index contributed by atoms with van der Waals surface area (Å²) in [4.78, 5) is 17.9. The molecule has 4 heteroatoms. The first-order valence-electron chi connectivity index (χ1n) is 8.75. The Bertz CT molecular complexity index is 644. The first-order chi connectivity index (χ1) is 11.3. The van der Waals surface area contributed by atoms with Gasteiger partial charge >= 0.3 is 0 Å². The van der Waals surface area contributed by atoms with E-state index in [9.17, 15) is 9.90 Å². The van der Waals surface area contributed by atoms with Gasteiger partial charge in [-0.05, 0) is 30.9 Å². The summed E-state index contributed by atoms with van der Waals surface area (Å²) in [6.07, 6.45) is 9.10. The number of nitrogens with zero attached hydrogens (tertiary/aromatic N) is 1. The zero-order valence-corrected chi connectivity index (χ0v) is 13.6. The molecule has 1 aliphatic rings. The van der Waals surface area contributed by atoms with Crippen molar-refractivity contribution in [3.05, 3.63) is 36.0 Å². The fourth-order valence-corrected chi connectivity index (χ4v) is 3.74. The number of rotatable bonds is 6. The number of hydrogen-bond acceptors (Lipinski definition) is 2. The van der Waals surface area contributed by atoms with Gasteiger partial charge in [-0.3, -0.25) is 4.79 Å². The topological polar surface area (TPSA) is 56.3 Å². The Morgan fingerprint density at radius 1 is 1.22 bits per heavy atom. The summed E-state index contributed by atoms with van der Waals surface area (Å²) in [6.45, 7) is 0.521. The van der Waals surface area contributed by atoms with Crippen LogP contribution < -0.4 is 0 Å². The van der Waals surface area contributed by atoms with Crippen molar-refractivity contribution >= 4 is 16.8 Å². The molecule has 124 valence electrons. The van der Waals surface area contributed by atoms with E-state index < -0.39 is 0 Å². The minimum atomic E-state index is 0.0509.